The zero-order chi connectivity index (χ0) is 24.5. The summed E-state index contributed by atoms with van der Waals surface area (Å²) in [5.41, 5.74) is 2.34. The van der Waals surface area contributed by atoms with Crippen molar-refractivity contribution in [1.82, 2.24) is 25.1 Å². The third-order valence-corrected chi connectivity index (χ3v) is 6.38. The normalized spacial score (nSPS) is 14.1. The second-order valence-corrected chi connectivity index (χ2v) is 8.95. The molecule has 0 atom stereocenters. The van der Waals surface area contributed by atoms with Crippen LogP contribution in [0, 0.1) is 0 Å². The summed E-state index contributed by atoms with van der Waals surface area (Å²) in [6.45, 7) is 8.82. The SMILES string of the molecule is CCOc1ccc2[nH]c(=O)c(CN(Cc3cccnc3)C(=S)NCCCN3CCOCC3)cc2c1. The summed E-state index contributed by atoms with van der Waals surface area (Å²) in [6, 6.07) is 11.5. The standard InChI is InChI=1S/C26H33N5O3S/c1-2-34-23-6-7-24-21(16-23)15-22(25(32)29-24)19-31(18-20-5-3-8-27-17-20)26(35)28-9-4-10-30-11-13-33-14-12-30/h3,5-8,15-17H,2,4,9-14,18-19H2,1H3,(H,28,35)(H,29,32). The second-order valence-electron chi connectivity index (χ2n) is 8.56. The maximum Gasteiger partial charge on any atom is 0.253 e. The van der Waals surface area contributed by atoms with Gasteiger partial charge < -0.3 is 24.7 Å². The number of ether oxygens (including phenoxy) is 2. The van der Waals surface area contributed by atoms with Gasteiger partial charge in [0, 0.05) is 55.0 Å². The Balaban J connectivity index is 1.46. The van der Waals surface area contributed by atoms with Gasteiger partial charge in [-0.25, -0.2) is 0 Å². The molecule has 0 aliphatic carbocycles. The zero-order valence-electron chi connectivity index (χ0n) is 20.2. The minimum absolute atomic E-state index is 0.118. The van der Waals surface area contributed by atoms with Gasteiger partial charge in [-0.1, -0.05) is 6.07 Å². The van der Waals surface area contributed by atoms with E-state index < -0.39 is 0 Å². The van der Waals surface area contributed by atoms with Crippen molar-refractivity contribution in [2.24, 2.45) is 0 Å². The maximum absolute atomic E-state index is 12.9. The number of morpholine rings is 1. The lowest BCUT2D eigenvalue weighted by atomic mass is 10.1. The highest BCUT2D eigenvalue weighted by Crippen LogP contribution is 2.20. The molecule has 2 aromatic heterocycles. The lowest BCUT2D eigenvalue weighted by molar-refractivity contribution is 0.0376. The highest BCUT2D eigenvalue weighted by atomic mass is 32.1. The van der Waals surface area contributed by atoms with Crippen molar-refractivity contribution in [2.45, 2.75) is 26.4 Å². The van der Waals surface area contributed by atoms with Gasteiger partial charge in [-0.2, -0.15) is 0 Å². The fourth-order valence-corrected chi connectivity index (χ4v) is 4.39. The molecule has 8 nitrogen and oxygen atoms in total. The summed E-state index contributed by atoms with van der Waals surface area (Å²) < 4.78 is 11.0. The Morgan fingerprint density at radius 1 is 1.26 bits per heavy atom. The van der Waals surface area contributed by atoms with Crippen molar-refractivity contribution in [3.05, 3.63) is 70.3 Å². The molecule has 35 heavy (non-hydrogen) atoms. The summed E-state index contributed by atoms with van der Waals surface area (Å²) in [4.78, 5) is 24.5. The smallest absolute Gasteiger partial charge is 0.253 e. The van der Waals surface area contributed by atoms with Gasteiger partial charge in [0.1, 0.15) is 5.75 Å². The van der Waals surface area contributed by atoms with Crippen molar-refractivity contribution < 1.29 is 9.47 Å². The summed E-state index contributed by atoms with van der Waals surface area (Å²) in [5, 5.41) is 4.94. The van der Waals surface area contributed by atoms with Crippen molar-refractivity contribution >= 4 is 28.2 Å². The summed E-state index contributed by atoms with van der Waals surface area (Å²) >= 11 is 5.77. The van der Waals surface area contributed by atoms with Crippen LogP contribution in [0.3, 0.4) is 0 Å². The molecule has 2 N–H and O–H groups in total. The number of pyridine rings is 2. The maximum atomic E-state index is 12.9. The average molecular weight is 496 g/mol. The van der Waals surface area contributed by atoms with Crippen molar-refractivity contribution in [3.8, 4) is 5.75 Å². The molecule has 0 saturated carbocycles. The first kappa shape index (κ1) is 25.1. The molecule has 0 bridgehead atoms. The van der Waals surface area contributed by atoms with Gasteiger partial charge in [-0.3, -0.25) is 14.7 Å². The lowest BCUT2D eigenvalue weighted by Crippen LogP contribution is -2.42. The monoisotopic (exact) mass is 495 g/mol. The molecule has 1 saturated heterocycles. The Kier molecular flexibility index (Phi) is 9.05. The van der Waals surface area contributed by atoms with Gasteiger partial charge >= 0.3 is 0 Å². The Morgan fingerprint density at radius 3 is 2.89 bits per heavy atom. The number of hydrogen-bond donors (Lipinski definition) is 2. The lowest BCUT2D eigenvalue weighted by Gasteiger charge is -2.28. The molecule has 1 aliphatic rings. The molecule has 3 aromatic rings. The first-order valence-electron chi connectivity index (χ1n) is 12.1. The quantitative estimate of drug-likeness (QED) is 0.328. The van der Waals surface area contributed by atoms with E-state index in [0.717, 1.165) is 68.0 Å². The molecule has 0 amide bonds. The number of fused-ring (bicyclic) bond motifs is 1. The van der Waals surface area contributed by atoms with Gasteiger partial charge in [0.2, 0.25) is 0 Å². The van der Waals surface area contributed by atoms with Crippen LogP contribution < -0.4 is 15.6 Å². The van der Waals surface area contributed by atoms with Crippen LogP contribution in [0.1, 0.15) is 24.5 Å². The summed E-state index contributed by atoms with van der Waals surface area (Å²) in [6.07, 6.45) is 4.56. The predicted molar refractivity (Wildman–Crippen MR) is 142 cm³/mol. The van der Waals surface area contributed by atoms with E-state index in [1.807, 2.05) is 54.4 Å². The molecule has 3 heterocycles. The van der Waals surface area contributed by atoms with Crippen LogP contribution in [0.25, 0.3) is 10.9 Å². The van der Waals surface area contributed by atoms with Crippen molar-refractivity contribution in [3.63, 3.8) is 0 Å². The fraction of sp³-hybridized carbons (Fsp3) is 0.423. The number of aromatic nitrogens is 2. The van der Waals surface area contributed by atoms with E-state index in [9.17, 15) is 4.79 Å². The Morgan fingerprint density at radius 2 is 2.11 bits per heavy atom. The van der Waals surface area contributed by atoms with E-state index in [2.05, 4.69) is 20.2 Å². The molecule has 0 unspecified atom stereocenters. The molecule has 0 radical (unpaired) electrons. The van der Waals surface area contributed by atoms with E-state index in [4.69, 9.17) is 21.7 Å². The topological polar surface area (TPSA) is 82.7 Å². The van der Waals surface area contributed by atoms with Crippen LogP contribution in [-0.2, 0) is 17.8 Å². The van der Waals surface area contributed by atoms with Gasteiger partial charge in [0.25, 0.3) is 5.56 Å². The van der Waals surface area contributed by atoms with E-state index in [-0.39, 0.29) is 5.56 Å². The van der Waals surface area contributed by atoms with Gasteiger partial charge in [-0.15, -0.1) is 0 Å². The molecule has 1 fully saturated rings. The third kappa shape index (κ3) is 7.24. The van der Waals surface area contributed by atoms with Crippen LogP contribution in [-0.4, -0.2) is 70.9 Å². The Labute approximate surface area is 211 Å². The number of thiocarbonyl (C=S) groups is 1. The number of H-pyrrole nitrogens is 1. The first-order valence-corrected chi connectivity index (χ1v) is 12.5. The van der Waals surface area contributed by atoms with Gasteiger partial charge in [0.15, 0.2) is 5.11 Å². The number of hydrogen-bond acceptors (Lipinski definition) is 6. The first-order chi connectivity index (χ1) is 17.1. The van der Waals surface area contributed by atoms with Crippen LogP contribution in [0.2, 0.25) is 0 Å². The molecule has 0 spiro atoms. The van der Waals surface area contributed by atoms with Crippen LogP contribution in [0.4, 0.5) is 0 Å². The number of aromatic amines is 1. The Hall–Kier alpha value is -3.01. The number of benzene rings is 1. The van der Waals surface area contributed by atoms with E-state index in [1.165, 1.54) is 0 Å². The average Bonchev–Trinajstić information content (AvgIpc) is 2.88. The van der Waals surface area contributed by atoms with Gasteiger partial charge in [-0.05, 0) is 68.0 Å². The molecular formula is C26H33N5O3S. The van der Waals surface area contributed by atoms with E-state index >= 15 is 0 Å². The number of nitrogens with one attached hydrogen (secondary N) is 2. The van der Waals surface area contributed by atoms with E-state index in [1.54, 1.807) is 6.20 Å². The van der Waals surface area contributed by atoms with Crippen LogP contribution >= 0.6 is 12.2 Å². The number of nitrogens with zero attached hydrogens (tertiary/aromatic N) is 3. The molecule has 1 aromatic carbocycles. The minimum atomic E-state index is -0.118. The Bertz CT molecular complexity index is 1160. The van der Waals surface area contributed by atoms with Crippen LogP contribution in [0.15, 0.2) is 53.6 Å². The highest BCUT2D eigenvalue weighted by Gasteiger charge is 2.15. The van der Waals surface area contributed by atoms with E-state index in [0.29, 0.717) is 30.4 Å². The van der Waals surface area contributed by atoms with Gasteiger partial charge in [0.05, 0.1) is 26.4 Å². The molecule has 4 rings (SSSR count). The zero-order valence-corrected chi connectivity index (χ0v) is 21.0. The molecule has 1 aliphatic heterocycles. The second kappa shape index (κ2) is 12.6. The van der Waals surface area contributed by atoms with Crippen molar-refractivity contribution in [1.29, 1.82) is 0 Å². The van der Waals surface area contributed by atoms with Crippen LogP contribution in [0.5, 0.6) is 5.75 Å². The largest absolute Gasteiger partial charge is 0.494 e. The summed E-state index contributed by atoms with van der Waals surface area (Å²) in [7, 11) is 0. The molecule has 9 heteroatoms. The summed E-state index contributed by atoms with van der Waals surface area (Å²) in [5.74, 6) is 0.780. The minimum Gasteiger partial charge on any atom is -0.494 e. The third-order valence-electron chi connectivity index (χ3n) is 5.98. The predicted octanol–water partition coefficient (Wildman–Crippen LogP) is 2.92. The number of rotatable bonds is 10. The van der Waals surface area contributed by atoms with Crippen molar-refractivity contribution in [2.75, 3.05) is 46.0 Å². The highest BCUT2D eigenvalue weighted by molar-refractivity contribution is 7.80. The molecular weight excluding hydrogens is 462 g/mol. The fourth-order valence-electron chi connectivity index (χ4n) is 4.16. The molecule has 186 valence electrons.